The number of thiazole rings is 1. The minimum absolute atomic E-state index is 0.310. The Labute approximate surface area is 164 Å². The highest BCUT2D eigenvalue weighted by molar-refractivity contribution is 7.80. The molecule has 2 aliphatic heterocycles. The first-order chi connectivity index (χ1) is 12.8. The number of thiocarbonyl (C=S) groups is 1. The second kappa shape index (κ2) is 8.61. The second-order valence-electron chi connectivity index (χ2n) is 6.91. The molecule has 7 heteroatoms. The molecule has 0 aliphatic carbocycles. The molecule has 3 heterocycles. The number of hydrogen-bond acceptors (Lipinski definition) is 5. The molecule has 2 aromatic rings. The van der Waals surface area contributed by atoms with Crippen LogP contribution in [0.25, 0.3) is 10.2 Å². The number of nitrogens with zero attached hydrogens (tertiary/aromatic N) is 3. The third kappa shape index (κ3) is 4.17. The van der Waals surface area contributed by atoms with Gasteiger partial charge in [0.2, 0.25) is 0 Å². The van der Waals surface area contributed by atoms with Gasteiger partial charge in [-0.3, -0.25) is 4.90 Å². The summed E-state index contributed by atoms with van der Waals surface area (Å²) in [6.07, 6.45) is 3.57. The molecule has 4 rings (SSSR count). The minimum atomic E-state index is 0.310. The molecule has 5 nitrogen and oxygen atoms in total. The third-order valence-corrected chi connectivity index (χ3v) is 6.68. The highest BCUT2D eigenvalue weighted by Crippen LogP contribution is 2.35. The molecule has 1 N–H and O–H groups in total. The first-order valence-corrected chi connectivity index (χ1v) is 10.7. The van der Waals surface area contributed by atoms with Crippen molar-refractivity contribution in [3.63, 3.8) is 0 Å². The molecule has 2 saturated heterocycles. The number of aromatic nitrogens is 1. The maximum absolute atomic E-state index is 5.75. The average molecular weight is 391 g/mol. The van der Waals surface area contributed by atoms with Gasteiger partial charge in [-0.1, -0.05) is 12.1 Å². The lowest BCUT2D eigenvalue weighted by molar-refractivity contribution is 0.0388. The zero-order valence-electron chi connectivity index (χ0n) is 15.0. The van der Waals surface area contributed by atoms with Crippen molar-refractivity contribution in [2.24, 2.45) is 0 Å². The van der Waals surface area contributed by atoms with E-state index in [1.165, 1.54) is 22.5 Å². The number of nitrogens with one attached hydrogen (secondary N) is 1. The lowest BCUT2D eigenvalue weighted by Gasteiger charge is -2.37. The molecule has 0 amide bonds. The molecule has 140 valence electrons. The summed E-state index contributed by atoms with van der Waals surface area (Å²) in [6.45, 7) is 6.65. The summed E-state index contributed by atoms with van der Waals surface area (Å²) in [6, 6.07) is 8.71. The van der Waals surface area contributed by atoms with Crippen LogP contribution in [0, 0.1) is 0 Å². The van der Waals surface area contributed by atoms with Crippen LogP contribution < -0.4 is 5.32 Å². The fourth-order valence-corrected chi connectivity index (χ4v) is 5.15. The van der Waals surface area contributed by atoms with E-state index in [2.05, 4.69) is 39.4 Å². The molecule has 1 atom stereocenters. The summed E-state index contributed by atoms with van der Waals surface area (Å²) >= 11 is 7.56. The Bertz CT molecular complexity index is 711. The molecule has 1 aromatic carbocycles. The largest absolute Gasteiger partial charge is 0.379 e. The van der Waals surface area contributed by atoms with Gasteiger partial charge in [-0.2, -0.15) is 0 Å². The van der Waals surface area contributed by atoms with Crippen LogP contribution in [-0.2, 0) is 4.74 Å². The summed E-state index contributed by atoms with van der Waals surface area (Å²) in [5.74, 6) is 0. The molecule has 1 aromatic heterocycles. The standard InChI is InChI=1S/C19H26N4OS2/c25-19(20-8-10-22-11-13-24-14-12-22)23-9-4-3-6-16(23)18-21-15-5-1-2-7-17(15)26-18/h1-2,5,7,16H,3-4,6,8-14H2,(H,20,25)/t16-/m0/s1. The zero-order chi connectivity index (χ0) is 17.8. The molecule has 2 aliphatic rings. The second-order valence-corrected chi connectivity index (χ2v) is 8.36. The molecular weight excluding hydrogens is 364 g/mol. The van der Waals surface area contributed by atoms with Crippen LogP contribution in [0.3, 0.4) is 0 Å². The molecule has 2 fully saturated rings. The van der Waals surface area contributed by atoms with E-state index in [4.69, 9.17) is 21.9 Å². The quantitative estimate of drug-likeness (QED) is 0.810. The lowest BCUT2D eigenvalue weighted by Crippen LogP contribution is -2.47. The van der Waals surface area contributed by atoms with Gasteiger partial charge in [0.05, 0.1) is 29.5 Å². The van der Waals surface area contributed by atoms with E-state index in [1.54, 1.807) is 0 Å². The van der Waals surface area contributed by atoms with Gasteiger partial charge in [0.1, 0.15) is 5.01 Å². The third-order valence-electron chi connectivity index (χ3n) is 5.17. The summed E-state index contributed by atoms with van der Waals surface area (Å²) in [7, 11) is 0. The van der Waals surface area contributed by atoms with Crippen LogP contribution >= 0.6 is 23.6 Å². The van der Waals surface area contributed by atoms with Crippen LogP contribution in [0.15, 0.2) is 24.3 Å². The smallest absolute Gasteiger partial charge is 0.169 e. The van der Waals surface area contributed by atoms with Crippen molar-refractivity contribution in [3.8, 4) is 0 Å². The topological polar surface area (TPSA) is 40.6 Å². The van der Waals surface area contributed by atoms with Crippen LogP contribution in [0.4, 0.5) is 0 Å². The predicted molar refractivity (Wildman–Crippen MR) is 111 cm³/mol. The van der Waals surface area contributed by atoms with Crippen molar-refractivity contribution < 1.29 is 4.74 Å². The normalized spacial score (nSPS) is 21.8. The van der Waals surface area contributed by atoms with E-state index < -0.39 is 0 Å². The van der Waals surface area contributed by atoms with Crippen molar-refractivity contribution in [3.05, 3.63) is 29.3 Å². The van der Waals surface area contributed by atoms with Crippen LogP contribution in [0.2, 0.25) is 0 Å². The zero-order valence-corrected chi connectivity index (χ0v) is 16.7. The van der Waals surface area contributed by atoms with Gasteiger partial charge in [0, 0.05) is 32.7 Å². The van der Waals surface area contributed by atoms with Gasteiger partial charge in [0.25, 0.3) is 0 Å². The minimum Gasteiger partial charge on any atom is -0.379 e. The number of para-hydroxylation sites is 1. The molecule has 26 heavy (non-hydrogen) atoms. The van der Waals surface area contributed by atoms with E-state index in [0.29, 0.717) is 6.04 Å². The van der Waals surface area contributed by atoms with Crippen LogP contribution in [0.1, 0.15) is 30.3 Å². The van der Waals surface area contributed by atoms with Crippen molar-refractivity contribution >= 4 is 38.9 Å². The Morgan fingerprint density at radius 1 is 1.23 bits per heavy atom. The Morgan fingerprint density at radius 3 is 2.92 bits per heavy atom. The Hall–Kier alpha value is -1.28. The van der Waals surface area contributed by atoms with Crippen LogP contribution in [0.5, 0.6) is 0 Å². The van der Waals surface area contributed by atoms with E-state index in [0.717, 1.165) is 63.0 Å². The van der Waals surface area contributed by atoms with Gasteiger partial charge in [-0.15, -0.1) is 11.3 Å². The Kier molecular flexibility index (Phi) is 5.99. The van der Waals surface area contributed by atoms with E-state index in [1.807, 2.05) is 11.3 Å². The summed E-state index contributed by atoms with van der Waals surface area (Å²) in [4.78, 5) is 9.68. The van der Waals surface area contributed by atoms with Crippen molar-refractivity contribution in [1.82, 2.24) is 20.1 Å². The number of fused-ring (bicyclic) bond motifs is 1. The number of benzene rings is 1. The number of morpholine rings is 1. The first kappa shape index (κ1) is 18.1. The van der Waals surface area contributed by atoms with Crippen molar-refractivity contribution in [1.29, 1.82) is 0 Å². The van der Waals surface area contributed by atoms with E-state index >= 15 is 0 Å². The summed E-state index contributed by atoms with van der Waals surface area (Å²) in [5, 5.41) is 5.56. The fourth-order valence-electron chi connectivity index (χ4n) is 3.71. The highest BCUT2D eigenvalue weighted by atomic mass is 32.1. The lowest BCUT2D eigenvalue weighted by atomic mass is 10.0. The molecule has 0 unspecified atom stereocenters. The number of hydrogen-bond donors (Lipinski definition) is 1. The van der Waals surface area contributed by atoms with Crippen molar-refractivity contribution in [2.75, 3.05) is 45.9 Å². The van der Waals surface area contributed by atoms with Gasteiger partial charge < -0.3 is 15.0 Å². The first-order valence-electron chi connectivity index (χ1n) is 9.51. The molecule has 0 bridgehead atoms. The summed E-state index contributed by atoms with van der Waals surface area (Å²) in [5.41, 5.74) is 1.10. The van der Waals surface area contributed by atoms with E-state index in [-0.39, 0.29) is 0 Å². The van der Waals surface area contributed by atoms with Crippen LogP contribution in [-0.4, -0.2) is 65.8 Å². The predicted octanol–water partition coefficient (Wildman–Crippen LogP) is 3.03. The number of piperidine rings is 1. The summed E-state index contributed by atoms with van der Waals surface area (Å²) < 4.78 is 6.67. The monoisotopic (exact) mass is 390 g/mol. The van der Waals surface area contributed by atoms with E-state index in [9.17, 15) is 0 Å². The molecular formula is C19H26N4OS2. The van der Waals surface area contributed by atoms with Gasteiger partial charge in [-0.25, -0.2) is 4.98 Å². The van der Waals surface area contributed by atoms with Gasteiger partial charge in [-0.05, 0) is 43.6 Å². The molecule has 0 saturated carbocycles. The number of rotatable bonds is 4. The Balaban J connectivity index is 1.39. The fraction of sp³-hybridized carbons (Fsp3) is 0.579. The van der Waals surface area contributed by atoms with Gasteiger partial charge in [0.15, 0.2) is 5.11 Å². The number of likely N-dealkylation sites (tertiary alicyclic amines) is 1. The van der Waals surface area contributed by atoms with Crippen molar-refractivity contribution in [2.45, 2.75) is 25.3 Å². The average Bonchev–Trinajstić information content (AvgIpc) is 3.13. The molecule has 0 spiro atoms. The maximum atomic E-state index is 5.75. The van der Waals surface area contributed by atoms with Gasteiger partial charge >= 0.3 is 0 Å². The SMILES string of the molecule is S=C(NCCN1CCOCC1)N1CCCC[C@H]1c1nc2ccccc2s1. The number of ether oxygens (including phenoxy) is 1. The Morgan fingerprint density at radius 2 is 2.08 bits per heavy atom. The highest BCUT2D eigenvalue weighted by Gasteiger charge is 2.28. The maximum Gasteiger partial charge on any atom is 0.169 e. The molecule has 0 radical (unpaired) electrons.